The van der Waals surface area contributed by atoms with Gasteiger partial charge in [-0.25, -0.2) is 0 Å². The monoisotopic (exact) mass is 304 g/mol. The van der Waals surface area contributed by atoms with Crippen LogP contribution in [0, 0.1) is 0 Å². The van der Waals surface area contributed by atoms with Crippen molar-refractivity contribution in [2.24, 2.45) is 0 Å². The minimum Gasteiger partial charge on any atom is -0.384 e. The second-order valence-electron chi connectivity index (χ2n) is 4.11. The SMILES string of the molecule is CCCC(OC)C(O)c1c(Br)cnn1CCC. The highest BCUT2D eigenvalue weighted by Gasteiger charge is 2.25. The molecule has 0 amide bonds. The van der Waals surface area contributed by atoms with Crippen molar-refractivity contribution in [2.45, 2.75) is 51.9 Å². The maximum atomic E-state index is 10.4. The molecule has 1 aromatic heterocycles. The van der Waals surface area contributed by atoms with Gasteiger partial charge in [0.15, 0.2) is 0 Å². The molecule has 1 N–H and O–H groups in total. The number of aliphatic hydroxyl groups is 1. The van der Waals surface area contributed by atoms with Crippen LogP contribution in [0.15, 0.2) is 10.7 Å². The molecule has 0 saturated carbocycles. The molecular formula is C12H21BrN2O2. The molecule has 0 saturated heterocycles. The van der Waals surface area contributed by atoms with E-state index in [1.165, 1.54) is 0 Å². The first-order chi connectivity index (χ1) is 8.15. The zero-order valence-corrected chi connectivity index (χ0v) is 12.3. The van der Waals surface area contributed by atoms with E-state index >= 15 is 0 Å². The van der Waals surface area contributed by atoms with Gasteiger partial charge in [0, 0.05) is 13.7 Å². The number of rotatable bonds is 7. The van der Waals surface area contributed by atoms with E-state index in [-0.39, 0.29) is 6.10 Å². The maximum Gasteiger partial charge on any atom is 0.123 e. The summed E-state index contributed by atoms with van der Waals surface area (Å²) in [6.45, 7) is 4.98. The Labute approximate surface area is 111 Å². The van der Waals surface area contributed by atoms with Crippen molar-refractivity contribution < 1.29 is 9.84 Å². The van der Waals surface area contributed by atoms with Crippen LogP contribution in [-0.2, 0) is 11.3 Å². The van der Waals surface area contributed by atoms with Crippen molar-refractivity contribution in [3.63, 3.8) is 0 Å². The average Bonchev–Trinajstić information content (AvgIpc) is 2.67. The van der Waals surface area contributed by atoms with E-state index in [4.69, 9.17) is 4.74 Å². The Morgan fingerprint density at radius 3 is 2.71 bits per heavy atom. The molecule has 0 aliphatic carbocycles. The van der Waals surface area contributed by atoms with Gasteiger partial charge >= 0.3 is 0 Å². The number of hydrogen-bond donors (Lipinski definition) is 1. The lowest BCUT2D eigenvalue weighted by atomic mass is 10.1. The molecular weight excluding hydrogens is 284 g/mol. The summed E-state index contributed by atoms with van der Waals surface area (Å²) >= 11 is 3.44. The number of aromatic nitrogens is 2. The number of ether oxygens (including phenoxy) is 1. The number of aryl methyl sites for hydroxylation is 1. The summed E-state index contributed by atoms with van der Waals surface area (Å²) in [7, 11) is 1.64. The van der Waals surface area contributed by atoms with Crippen molar-refractivity contribution in [2.75, 3.05) is 7.11 Å². The molecule has 1 heterocycles. The molecule has 2 atom stereocenters. The molecule has 0 aliphatic rings. The maximum absolute atomic E-state index is 10.4. The molecule has 0 bridgehead atoms. The number of halogens is 1. The van der Waals surface area contributed by atoms with Crippen molar-refractivity contribution in [3.8, 4) is 0 Å². The molecule has 4 nitrogen and oxygen atoms in total. The Morgan fingerprint density at radius 2 is 2.18 bits per heavy atom. The highest BCUT2D eigenvalue weighted by atomic mass is 79.9. The first-order valence-electron chi connectivity index (χ1n) is 6.07. The zero-order valence-electron chi connectivity index (χ0n) is 10.7. The summed E-state index contributed by atoms with van der Waals surface area (Å²) in [6.07, 6.45) is 3.72. The molecule has 98 valence electrons. The molecule has 17 heavy (non-hydrogen) atoms. The van der Waals surface area contributed by atoms with Crippen molar-refractivity contribution >= 4 is 15.9 Å². The van der Waals surface area contributed by atoms with Crippen LogP contribution < -0.4 is 0 Å². The van der Waals surface area contributed by atoms with Gasteiger partial charge in [-0.2, -0.15) is 5.10 Å². The fourth-order valence-electron chi connectivity index (χ4n) is 1.92. The Morgan fingerprint density at radius 1 is 1.47 bits per heavy atom. The van der Waals surface area contributed by atoms with Gasteiger partial charge in [0.25, 0.3) is 0 Å². The van der Waals surface area contributed by atoms with Gasteiger partial charge in [0.05, 0.1) is 22.5 Å². The van der Waals surface area contributed by atoms with Crippen LogP contribution in [-0.4, -0.2) is 28.1 Å². The average molecular weight is 305 g/mol. The lowest BCUT2D eigenvalue weighted by Crippen LogP contribution is -2.24. The van der Waals surface area contributed by atoms with Crippen LogP contribution in [0.3, 0.4) is 0 Å². The highest BCUT2D eigenvalue weighted by molar-refractivity contribution is 9.10. The number of methoxy groups -OCH3 is 1. The molecule has 1 rings (SSSR count). The van der Waals surface area contributed by atoms with Crippen molar-refractivity contribution in [1.29, 1.82) is 0 Å². The molecule has 1 aromatic rings. The predicted octanol–water partition coefficient (Wildman–Crippen LogP) is 2.90. The first-order valence-corrected chi connectivity index (χ1v) is 6.87. The summed E-state index contributed by atoms with van der Waals surface area (Å²) < 4.78 is 8.04. The van der Waals surface area contributed by atoms with E-state index in [2.05, 4.69) is 34.9 Å². The number of nitrogens with zero attached hydrogens (tertiary/aromatic N) is 2. The van der Waals surface area contributed by atoms with Gasteiger partial charge in [0.1, 0.15) is 6.10 Å². The summed E-state index contributed by atoms with van der Waals surface area (Å²) in [5.41, 5.74) is 0.812. The van der Waals surface area contributed by atoms with E-state index in [1.54, 1.807) is 13.3 Å². The molecule has 0 aliphatic heterocycles. The third kappa shape index (κ3) is 3.53. The molecule has 2 unspecified atom stereocenters. The fraction of sp³-hybridized carbons (Fsp3) is 0.750. The Bertz CT molecular complexity index is 341. The normalized spacial score (nSPS) is 14.9. The summed E-state index contributed by atoms with van der Waals surface area (Å²) in [4.78, 5) is 0. The number of hydrogen-bond acceptors (Lipinski definition) is 3. The molecule has 0 aromatic carbocycles. The number of aliphatic hydroxyl groups excluding tert-OH is 1. The molecule has 0 fully saturated rings. The van der Waals surface area contributed by atoms with Crippen LogP contribution in [0.5, 0.6) is 0 Å². The summed E-state index contributed by atoms with van der Waals surface area (Å²) in [5.74, 6) is 0. The fourth-order valence-corrected chi connectivity index (χ4v) is 2.45. The van der Waals surface area contributed by atoms with Crippen LogP contribution >= 0.6 is 15.9 Å². The summed E-state index contributed by atoms with van der Waals surface area (Å²) in [5, 5.41) is 14.6. The quantitative estimate of drug-likeness (QED) is 0.842. The molecule has 5 heteroatoms. The molecule has 0 spiro atoms. The van der Waals surface area contributed by atoms with Crippen LogP contribution in [0.2, 0.25) is 0 Å². The zero-order chi connectivity index (χ0) is 12.8. The smallest absolute Gasteiger partial charge is 0.123 e. The predicted molar refractivity (Wildman–Crippen MR) is 70.9 cm³/mol. The van der Waals surface area contributed by atoms with E-state index < -0.39 is 6.10 Å². The largest absolute Gasteiger partial charge is 0.384 e. The van der Waals surface area contributed by atoms with Gasteiger partial charge in [0.2, 0.25) is 0 Å². The van der Waals surface area contributed by atoms with Crippen LogP contribution in [0.4, 0.5) is 0 Å². The van der Waals surface area contributed by atoms with Gasteiger partial charge in [-0.3, -0.25) is 4.68 Å². The van der Waals surface area contributed by atoms with E-state index in [0.29, 0.717) is 0 Å². The Balaban J connectivity index is 2.92. The Hall–Kier alpha value is -0.390. The second kappa shape index (κ2) is 7.13. The first kappa shape index (κ1) is 14.7. The lowest BCUT2D eigenvalue weighted by molar-refractivity contribution is -0.0224. The summed E-state index contributed by atoms with van der Waals surface area (Å²) in [6, 6.07) is 0. The van der Waals surface area contributed by atoms with Crippen LogP contribution in [0.1, 0.15) is 44.9 Å². The third-order valence-corrected chi connectivity index (χ3v) is 3.39. The van der Waals surface area contributed by atoms with Gasteiger partial charge in [-0.1, -0.05) is 20.3 Å². The highest BCUT2D eigenvalue weighted by Crippen LogP contribution is 2.28. The van der Waals surface area contributed by atoms with Gasteiger partial charge < -0.3 is 9.84 Å². The third-order valence-electron chi connectivity index (χ3n) is 2.78. The second-order valence-corrected chi connectivity index (χ2v) is 4.96. The minimum atomic E-state index is -0.636. The van der Waals surface area contributed by atoms with Gasteiger partial charge in [-0.05, 0) is 28.8 Å². The lowest BCUT2D eigenvalue weighted by Gasteiger charge is -2.22. The standard InChI is InChI=1S/C12H21BrN2O2/c1-4-6-10(17-3)12(16)11-9(13)8-14-15(11)7-5-2/h8,10,12,16H,4-7H2,1-3H3. The minimum absolute atomic E-state index is 0.177. The topological polar surface area (TPSA) is 47.3 Å². The van der Waals surface area contributed by atoms with E-state index in [1.807, 2.05) is 4.68 Å². The van der Waals surface area contributed by atoms with Crippen molar-refractivity contribution in [3.05, 3.63) is 16.4 Å². The molecule has 0 radical (unpaired) electrons. The van der Waals surface area contributed by atoms with Crippen molar-refractivity contribution in [1.82, 2.24) is 9.78 Å². The van der Waals surface area contributed by atoms with Crippen LogP contribution in [0.25, 0.3) is 0 Å². The Kier molecular flexibility index (Phi) is 6.16. The van der Waals surface area contributed by atoms with E-state index in [0.717, 1.165) is 36.0 Å². The van der Waals surface area contributed by atoms with Gasteiger partial charge in [-0.15, -0.1) is 0 Å². The van der Waals surface area contributed by atoms with E-state index in [9.17, 15) is 5.11 Å².